The minimum absolute atomic E-state index is 0.101. The number of anilines is 1. The summed E-state index contributed by atoms with van der Waals surface area (Å²) in [6, 6.07) is 16.0. The van der Waals surface area contributed by atoms with E-state index in [9.17, 15) is 18.0 Å². The lowest BCUT2D eigenvalue weighted by Gasteiger charge is -2.11. The lowest BCUT2D eigenvalue weighted by Crippen LogP contribution is -2.24. The van der Waals surface area contributed by atoms with E-state index in [0.717, 1.165) is 0 Å². The number of primary sulfonamides is 1. The molecular formula is C20H19N3O5S2. The number of amides is 2. The summed E-state index contributed by atoms with van der Waals surface area (Å²) in [4.78, 5) is 25.3. The molecule has 30 heavy (non-hydrogen) atoms. The Hall–Kier alpha value is -3.08. The molecule has 0 saturated heterocycles. The summed E-state index contributed by atoms with van der Waals surface area (Å²) in [5.74, 6) is 0.134. The Morgan fingerprint density at radius 2 is 1.83 bits per heavy atom. The van der Waals surface area contributed by atoms with Crippen molar-refractivity contribution in [2.75, 3.05) is 11.1 Å². The molecule has 0 spiro atoms. The highest BCUT2D eigenvalue weighted by Crippen LogP contribution is 2.24. The van der Waals surface area contributed by atoms with E-state index in [2.05, 4.69) is 10.6 Å². The van der Waals surface area contributed by atoms with Gasteiger partial charge in [-0.05, 0) is 42.5 Å². The van der Waals surface area contributed by atoms with Crippen molar-refractivity contribution in [3.8, 4) is 0 Å². The lowest BCUT2D eigenvalue weighted by molar-refractivity contribution is -0.118. The number of carbonyl (C=O) groups excluding carboxylic acids is 2. The van der Waals surface area contributed by atoms with E-state index < -0.39 is 15.9 Å². The first-order valence-corrected chi connectivity index (χ1v) is 11.3. The van der Waals surface area contributed by atoms with Crippen molar-refractivity contribution in [3.63, 3.8) is 0 Å². The monoisotopic (exact) mass is 445 g/mol. The van der Waals surface area contributed by atoms with Gasteiger partial charge in [-0.15, -0.1) is 11.8 Å². The number of sulfonamides is 1. The zero-order chi connectivity index (χ0) is 21.6. The Labute approximate surface area is 177 Å². The topological polar surface area (TPSA) is 132 Å². The molecule has 2 aromatic carbocycles. The van der Waals surface area contributed by atoms with Gasteiger partial charge in [0, 0.05) is 10.6 Å². The van der Waals surface area contributed by atoms with Gasteiger partial charge in [-0.3, -0.25) is 9.59 Å². The van der Waals surface area contributed by atoms with Crippen LogP contribution in [0.5, 0.6) is 0 Å². The Bertz CT molecular complexity index is 1140. The van der Waals surface area contributed by atoms with Crippen LogP contribution in [-0.4, -0.2) is 26.0 Å². The van der Waals surface area contributed by atoms with E-state index in [4.69, 9.17) is 9.56 Å². The third kappa shape index (κ3) is 5.96. The van der Waals surface area contributed by atoms with E-state index in [1.54, 1.807) is 42.5 Å². The first-order chi connectivity index (χ1) is 14.3. The summed E-state index contributed by atoms with van der Waals surface area (Å²) in [5.41, 5.74) is 0.657. The number of thioether (sulfide) groups is 1. The predicted octanol–water partition coefficient (Wildman–Crippen LogP) is 2.59. The molecule has 3 aromatic rings. The molecule has 8 nitrogen and oxygen atoms in total. The van der Waals surface area contributed by atoms with Crippen LogP contribution in [-0.2, 0) is 21.4 Å². The number of hydrogen-bond donors (Lipinski definition) is 3. The number of hydrogen-bond acceptors (Lipinski definition) is 6. The summed E-state index contributed by atoms with van der Waals surface area (Å²) in [6.07, 6.45) is 1.53. The first-order valence-electron chi connectivity index (χ1n) is 8.78. The van der Waals surface area contributed by atoms with Crippen molar-refractivity contribution in [1.82, 2.24) is 5.32 Å². The average molecular weight is 446 g/mol. The number of furan rings is 1. The fraction of sp³-hybridized carbons (Fsp3) is 0.100. The smallest absolute Gasteiger partial charge is 0.256 e. The van der Waals surface area contributed by atoms with Crippen LogP contribution in [0.4, 0.5) is 5.69 Å². The Morgan fingerprint density at radius 3 is 2.57 bits per heavy atom. The standard InChI is InChI=1S/C20H19N3O5S2/c21-30(26,27)16-7-3-5-14(11-16)23-20(25)17-8-1-2-9-18(17)29-13-19(24)22-12-15-6-4-10-28-15/h1-11H,12-13H2,(H,22,24)(H,23,25)(H2,21,26,27). The van der Waals surface area contributed by atoms with Gasteiger partial charge in [0.15, 0.2) is 0 Å². The van der Waals surface area contributed by atoms with Gasteiger partial charge in [0.2, 0.25) is 15.9 Å². The molecule has 0 fully saturated rings. The fourth-order valence-corrected chi connectivity index (χ4v) is 3.96. The number of carbonyl (C=O) groups is 2. The van der Waals surface area contributed by atoms with Crippen LogP contribution < -0.4 is 15.8 Å². The maximum atomic E-state index is 12.7. The van der Waals surface area contributed by atoms with Crippen molar-refractivity contribution in [3.05, 3.63) is 78.3 Å². The number of nitrogens with two attached hydrogens (primary N) is 1. The van der Waals surface area contributed by atoms with Crippen molar-refractivity contribution in [2.45, 2.75) is 16.3 Å². The highest BCUT2D eigenvalue weighted by Gasteiger charge is 2.15. The van der Waals surface area contributed by atoms with Crippen molar-refractivity contribution in [1.29, 1.82) is 0 Å². The lowest BCUT2D eigenvalue weighted by atomic mass is 10.2. The third-order valence-electron chi connectivity index (χ3n) is 3.95. The second-order valence-corrected chi connectivity index (χ2v) is 8.75. The molecule has 0 aliphatic carbocycles. The molecule has 0 unspecified atom stereocenters. The van der Waals surface area contributed by atoms with Gasteiger partial charge in [-0.2, -0.15) is 0 Å². The zero-order valence-electron chi connectivity index (χ0n) is 15.7. The van der Waals surface area contributed by atoms with Crippen LogP contribution in [0.2, 0.25) is 0 Å². The summed E-state index contributed by atoms with van der Waals surface area (Å²) < 4.78 is 28.1. The molecule has 0 aliphatic heterocycles. The third-order valence-corrected chi connectivity index (χ3v) is 5.94. The van der Waals surface area contributed by atoms with Crippen molar-refractivity contribution >= 4 is 39.3 Å². The molecule has 4 N–H and O–H groups in total. The highest BCUT2D eigenvalue weighted by molar-refractivity contribution is 8.00. The van der Waals surface area contributed by atoms with E-state index in [1.165, 1.54) is 36.2 Å². The van der Waals surface area contributed by atoms with Crippen LogP contribution >= 0.6 is 11.8 Å². The van der Waals surface area contributed by atoms with Crippen molar-refractivity contribution < 1.29 is 22.4 Å². The molecule has 156 valence electrons. The van der Waals surface area contributed by atoms with Crippen molar-refractivity contribution in [2.24, 2.45) is 5.14 Å². The van der Waals surface area contributed by atoms with E-state index in [1.807, 2.05) is 0 Å². The Balaban J connectivity index is 1.64. The van der Waals surface area contributed by atoms with Crippen LogP contribution in [0.25, 0.3) is 0 Å². The molecule has 1 heterocycles. The van der Waals surface area contributed by atoms with Gasteiger partial charge >= 0.3 is 0 Å². The minimum Gasteiger partial charge on any atom is -0.467 e. The van der Waals surface area contributed by atoms with Gasteiger partial charge in [0.25, 0.3) is 5.91 Å². The summed E-state index contributed by atoms with van der Waals surface area (Å²) >= 11 is 1.22. The second kappa shape index (κ2) is 9.61. The highest BCUT2D eigenvalue weighted by atomic mass is 32.2. The van der Waals surface area contributed by atoms with E-state index in [0.29, 0.717) is 21.9 Å². The SMILES string of the molecule is NS(=O)(=O)c1cccc(NC(=O)c2ccccc2SCC(=O)NCc2ccco2)c1. The molecular weight excluding hydrogens is 426 g/mol. The van der Waals surface area contributed by atoms with Gasteiger partial charge in [-0.25, -0.2) is 13.6 Å². The largest absolute Gasteiger partial charge is 0.467 e. The molecule has 0 atom stereocenters. The van der Waals surface area contributed by atoms with Gasteiger partial charge in [-0.1, -0.05) is 18.2 Å². The van der Waals surface area contributed by atoms with Crippen LogP contribution in [0.3, 0.4) is 0 Å². The predicted molar refractivity (Wildman–Crippen MR) is 113 cm³/mol. The minimum atomic E-state index is -3.88. The first kappa shape index (κ1) is 21.6. The second-order valence-electron chi connectivity index (χ2n) is 6.17. The molecule has 10 heteroatoms. The summed E-state index contributed by atoms with van der Waals surface area (Å²) in [7, 11) is -3.88. The van der Waals surface area contributed by atoms with Gasteiger partial charge in [0.05, 0.1) is 29.0 Å². The Morgan fingerprint density at radius 1 is 1.03 bits per heavy atom. The summed E-state index contributed by atoms with van der Waals surface area (Å²) in [5, 5.41) is 10.5. The molecule has 0 saturated carbocycles. The van der Waals surface area contributed by atoms with E-state index in [-0.39, 0.29) is 23.1 Å². The zero-order valence-corrected chi connectivity index (χ0v) is 17.3. The van der Waals surface area contributed by atoms with E-state index >= 15 is 0 Å². The van der Waals surface area contributed by atoms with Crippen LogP contribution in [0, 0.1) is 0 Å². The van der Waals surface area contributed by atoms with Gasteiger partial charge < -0.3 is 15.1 Å². The maximum Gasteiger partial charge on any atom is 0.256 e. The molecule has 0 radical (unpaired) electrons. The number of benzene rings is 2. The summed E-state index contributed by atoms with van der Waals surface area (Å²) in [6.45, 7) is 0.287. The molecule has 2 amide bonds. The molecule has 1 aromatic heterocycles. The normalized spacial score (nSPS) is 11.1. The maximum absolute atomic E-state index is 12.7. The number of nitrogens with one attached hydrogen (secondary N) is 2. The fourth-order valence-electron chi connectivity index (χ4n) is 2.52. The molecule has 3 rings (SSSR count). The molecule has 0 aliphatic rings. The number of rotatable bonds is 8. The Kier molecular flexibility index (Phi) is 6.93. The molecule has 0 bridgehead atoms. The quantitative estimate of drug-likeness (QED) is 0.457. The van der Waals surface area contributed by atoms with Crippen LogP contribution in [0.15, 0.2) is 81.1 Å². The average Bonchev–Trinajstić information content (AvgIpc) is 3.24. The van der Waals surface area contributed by atoms with Gasteiger partial charge in [0.1, 0.15) is 5.76 Å². The van der Waals surface area contributed by atoms with Crippen LogP contribution in [0.1, 0.15) is 16.1 Å².